The molecule has 0 aromatic heterocycles. The van der Waals surface area contributed by atoms with E-state index in [1.807, 2.05) is 0 Å². The van der Waals surface area contributed by atoms with Crippen molar-refractivity contribution in [1.29, 1.82) is 0 Å². The topological polar surface area (TPSA) is 66.9 Å². The predicted octanol–water partition coefficient (Wildman–Crippen LogP) is 0.658. The van der Waals surface area contributed by atoms with Crippen LogP contribution >= 0.6 is 11.6 Å². The average molecular weight is 339 g/mol. The molecule has 1 amide bonds. The molecule has 2 saturated heterocycles. The number of carbonyl (C=O) groups is 1. The molecule has 0 saturated carbocycles. The van der Waals surface area contributed by atoms with Gasteiger partial charge in [0.2, 0.25) is 15.9 Å². The maximum atomic E-state index is 12.5. The molecule has 2 aliphatic rings. The van der Waals surface area contributed by atoms with Crippen molar-refractivity contribution in [2.24, 2.45) is 0 Å². The minimum atomic E-state index is -3.37. The third kappa shape index (κ3) is 4.31. The zero-order chi connectivity index (χ0) is 15.3. The summed E-state index contributed by atoms with van der Waals surface area (Å²) < 4.78 is 31.4. The van der Waals surface area contributed by atoms with E-state index in [0.29, 0.717) is 58.0 Å². The number of hydrogen-bond acceptors (Lipinski definition) is 4. The number of morpholine rings is 1. The molecule has 1 unspecified atom stereocenters. The third-order valence-electron chi connectivity index (χ3n) is 3.95. The van der Waals surface area contributed by atoms with Crippen LogP contribution in [0.3, 0.4) is 0 Å². The number of hydrogen-bond donors (Lipinski definition) is 0. The number of halogens is 1. The molecule has 0 aromatic carbocycles. The lowest BCUT2D eigenvalue weighted by molar-refractivity contribution is -0.138. The van der Waals surface area contributed by atoms with Gasteiger partial charge in [0.25, 0.3) is 0 Å². The highest BCUT2D eigenvalue weighted by atomic mass is 35.5. The number of unbranched alkanes of at least 4 members (excludes halogenated alkanes) is 1. The molecule has 8 heteroatoms. The maximum absolute atomic E-state index is 12.5. The quantitative estimate of drug-likeness (QED) is 0.527. The van der Waals surface area contributed by atoms with Gasteiger partial charge >= 0.3 is 0 Å². The molecule has 0 spiro atoms. The Morgan fingerprint density at radius 3 is 2.57 bits per heavy atom. The summed E-state index contributed by atoms with van der Waals surface area (Å²) in [5.74, 6) is 0.467. The van der Waals surface area contributed by atoms with E-state index < -0.39 is 16.1 Å². The van der Waals surface area contributed by atoms with E-state index in [1.165, 1.54) is 4.31 Å². The van der Waals surface area contributed by atoms with Crippen LogP contribution in [0.25, 0.3) is 0 Å². The van der Waals surface area contributed by atoms with Crippen molar-refractivity contribution in [1.82, 2.24) is 9.21 Å². The van der Waals surface area contributed by atoms with E-state index in [-0.39, 0.29) is 11.7 Å². The summed E-state index contributed by atoms with van der Waals surface area (Å²) in [6, 6.07) is -0.524. The minimum Gasteiger partial charge on any atom is -0.378 e. The predicted molar refractivity (Wildman–Crippen MR) is 80.9 cm³/mol. The molecular formula is C13H23ClN2O4S. The third-order valence-corrected chi connectivity index (χ3v) is 6.18. The molecular weight excluding hydrogens is 316 g/mol. The Morgan fingerprint density at radius 2 is 1.90 bits per heavy atom. The summed E-state index contributed by atoms with van der Waals surface area (Å²) in [6.07, 6.45) is 2.58. The Kier molecular flexibility index (Phi) is 6.28. The van der Waals surface area contributed by atoms with Gasteiger partial charge in [-0.2, -0.15) is 4.31 Å². The van der Waals surface area contributed by atoms with Crippen molar-refractivity contribution in [3.8, 4) is 0 Å². The van der Waals surface area contributed by atoms with E-state index in [1.54, 1.807) is 4.90 Å². The van der Waals surface area contributed by atoms with Crippen molar-refractivity contribution in [3.63, 3.8) is 0 Å². The van der Waals surface area contributed by atoms with Crippen LogP contribution in [-0.2, 0) is 19.6 Å². The van der Waals surface area contributed by atoms with Gasteiger partial charge in [0.05, 0.1) is 19.0 Å². The highest BCUT2D eigenvalue weighted by Gasteiger charge is 2.40. The number of carbonyl (C=O) groups excluding carboxylic acids is 1. The Labute approximate surface area is 131 Å². The molecule has 2 rings (SSSR count). The fourth-order valence-corrected chi connectivity index (χ4v) is 4.79. The highest BCUT2D eigenvalue weighted by molar-refractivity contribution is 7.89. The monoisotopic (exact) mass is 338 g/mol. The first-order valence-electron chi connectivity index (χ1n) is 7.48. The van der Waals surface area contributed by atoms with Crippen LogP contribution < -0.4 is 0 Å². The van der Waals surface area contributed by atoms with Crippen molar-refractivity contribution >= 4 is 27.5 Å². The van der Waals surface area contributed by atoms with Gasteiger partial charge in [0.15, 0.2) is 0 Å². The zero-order valence-electron chi connectivity index (χ0n) is 12.2. The fraction of sp³-hybridized carbons (Fsp3) is 0.923. The number of sulfonamides is 1. The van der Waals surface area contributed by atoms with Crippen molar-refractivity contribution in [2.75, 3.05) is 44.5 Å². The van der Waals surface area contributed by atoms with Crippen LogP contribution in [0.5, 0.6) is 0 Å². The van der Waals surface area contributed by atoms with Crippen LogP contribution in [0.1, 0.15) is 25.7 Å². The minimum absolute atomic E-state index is 0.0725. The fourth-order valence-electron chi connectivity index (χ4n) is 2.81. The van der Waals surface area contributed by atoms with Crippen LogP contribution in [-0.4, -0.2) is 74.1 Å². The number of rotatable bonds is 6. The largest absolute Gasteiger partial charge is 0.378 e. The summed E-state index contributed by atoms with van der Waals surface area (Å²) >= 11 is 5.59. The normalized spacial score (nSPS) is 24.4. The number of ether oxygens (including phenoxy) is 1. The first-order chi connectivity index (χ1) is 10.1. The number of nitrogens with zero attached hydrogens (tertiary/aromatic N) is 2. The molecule has 2 aliphatic heterocycles. The van der Waals surface area contributed by atoms with Crippen LogP contribution in [0.4, 0.5) is 0 Å². The summed E-state index contributed by atoms with van der Waals surface area (Å²) in [7, 11) is -3.37. The van der Waals surface area contributed by atoms with E-state index in [0.717, 1.165) is 6.42 Å². The van der Waals surface area contributed by atoms with Crippen LogP contribution in [0, 0.1) is 0 Å². The molecule has 0 radical (unpaired) electrons. The molecule has 21 heavy (non-hydrogen) atoms. The van der Waals surface area contributed by atoms with Gasteiger partial charge in [-0.05, 0) is 25.7 Å². The zero-order valence-corrected chi connectivity index (χ0v) is 13.7. The Balaban J connectivity index is 2.00. The Bertz CT molecular complexity index is 451. The van der Waals surface area contributed by atoms with Gasteiger partial charge in [-0.1, -0.05) is 0 Å². The number of amides is 1. The molecule has 0 bridgehead atoms. The highest BCUT2D eigenvalue weighted by Crippen LogP contribution is 2.24. The first kappa shape index (κ1) is 17.0. The summed E-state index contributed by atoms with van der Waals surface area (Å²) in [5, 5.41) is 0. The second kappa shape index (κ2) is 7.76. The molecule has 6 nitrogen and oxygen atoms in total. The van der Waals surface area contributed by atoms with E-state index in [2.05, 4.69) is 0 Å². The Morgan fingerprint density at radius 1 is 1.19 bits per heavy atom. The Hall–Kier alpha value is -0.370. The smallest absolute Gasteiger partial charge is 0.241 e. The molecule has 0 aliphatic carbocycles. The maximum Gasteiger partial charge on any atom is 0.241 e. The van der Waals surface area contributed by atoms with Gasteiger partial charge < -0.3 is 9.64 Å². The molecule has 2 heterocycles. The van der Waals surface area contributed by atoms with E-state index in [9.17, 15) is 13.2 Å². The summed E-state index contributed by atoms with van der Waals surface area (Å²) in [6.45, 7) is 2.61. The van der Waals surface area contributed by atoms with E-state index >= 15 is 0 Å². The SMILES string of the molecule is O=C(C1CCCN1S(=O)(=O)CCCCCl)N1CCOCC1. The lowest BCUT2D eigenvalue weighted by atomic mass is 10.2. The van der Waals surface area contributed by atoms with Crippen molar-refractivity contribution in [2.45, 2.75) is 31.7 Å². The van der Waals surface area contributed by atoms with Gasteiger partial charge in [-0.15, -0.1) is 11.6 Å². The van der Waals surface area contributed by atoms with Crippen LogP contribution in [0.15, 0.2) is 0 Å². The van der Waals surface area contributed by atoms with Crippen molar-refractivity contribution < 1.29 is 17.9 Å². The standard InChI is InChI=1S/C13H23ClN2O4S/c14-5-1-2-11-21(18,19)16-6-3-4-12(16)13(17)15-7-9-20-10-8-15/h12H,1-11H2. The average Bonchev–Trinajstić information content (AvgIpc) is 2.98. The van der Waals surface area contributed by atoms with Gasteiger partial charge in [0.1, 0.15) is 6.04 Å². The number of alkyl halides is 1. The van der Waals surface area contributed by atoms with Gasteiger partial charge in [-0.25, -0.2) is 8.42 Å². The van der Waals surface area contributed by atoms with Gasteiger partial charge in [-0.3, -0.25) is 4.79 Å². The van der Waals surface area contributed by atoms with Crippen LogP contribution in [0.2, 0.25) is 0 Å². The lowest BCUT2D eigenvalue weighted by Crippen LogP contribution is -2.51. The molecule has 0 N–H and O–H groups in total. The second-order valence-corrected chi connectivity index (χ2v) is 7.84. The molecule has 0 aromatic rings. The molecule has 122 valence electrons. The van der Waals surface area contributed by atoms with Gasteiger partial charge in [0, 0.05) is 25.5 Å². The first-order valence-corrected chi connectivity index (χ1v) is 9.62. The lowest BCUT2D eigenvalue weighted by Gasteiger charge is -2.32. The molecule has 2 fully saturated rings. The van der Waals surface area contributed by atoms with E-state index in [4.69, 9.17) is 16.3 Å². The summed E-state index contributed by atoms with van der Waals surface area (Å²) in [5.41, 5.74) is 0. The second-order valence-electron chi connectivity index (χ2n) is 5.42. The summed E-state index contributed by atoms with van der Waals surface area (Å²) in [4.78, 5) is 14.3. The molecule has 1 atom stereocenters. The van der Waals surface area contributed by atoms with Crippen molar-refractivity contribution in [3.05, 3.63) is 0 Å².